The zero-order chi connectivity index (χ0) is 9.07. The molecule has 0 rings (SSSR count). The molecule has 0 fully saturated rings. The lowest BCUT2D eigenvalue weighted by Crippen LogP contribution is -2.26. The number of carbonyl (C=O) groups is 1. The van der Waals surface area contributed by atoms with Gasteiger partial charge in [0, 0.05) is 8.07 Å². The van der Waals surface area contributed by atoms with Crippen molar-refractivity contribution in [1.29, 1.82) is 0 Å². The van der Waals surface area contributed by atoms with E-state index in [1.54, 1.807) is 0 Å². The van der Waals surface area contributed by atoms with E-state index in [1.165, 1.54) is 0 Å². The molecular formula is C7H16O3Si. The Morgan fingerprint density at radius 1 is 1.45 bits per heavy atom. The zero-order valence-electron chi connectivity index (χ0n) is 7.29. The smallest absolute Gasteiger partial charge is 0.332 e. The van der Waals surface area contributed by atoms with Crippen LogP contribution in [0.25, 0.3) is 0 Å². The monoisotopic (exact) mass is 176 g/mol. The van der Waals surface area contributed by atoms with E-state index in [4.69, 9.17) is 10.2 Å². The molecule has 0 aliphatic rings. The van der Waals surface area contributed by atoms with E-state index in [1.807, 2.05) is 0 Å². The van der Waals surface area contributed by atoms with Gasteiger partial charge in [0.2, 0.25) is 0 Å². The van der Waals surface area contributed by atoms with Gasteiger partial charge in [-0.2, -0.15) is 0 Å². The Balaban J connectivity index is 3.63. The zero-order valence-corrected chi connectivity index (χ0v) is 8.29. The fourth-order valence-electron chi connectivity index (χ4n) is 0.693. The molecule has 0 radical (unpaired) electrons. The molecule has 2 N–H and O–H groups in total. The second-order valence-corrected chi connectivity index (χ2v) is 9.57. The van der Waals surface area contributed by atoms with Crippen molar-refractivity contribution in [2.24, 2.45) is 0 Å². The number of rotatable bonds is 4. The summed E-state index contributed by atoms with van der Waals surface area (Å²) in [6.07, 6.45) is -0.771. The van der Waals surface area contributed by atoms with E-state index in [0.717, 1.165) is 6.04 Å². The summed E-state index contributed by atoms with van der Waals surface area (Å²) in [5.41, 5.74) is 0. The Kier molecular flexibility index (Phi) is 3.75. The summed E-state index contributed by atoms with van der Waals surface area (Å²) in [7, 11) is -1.19. The van der Waals surface area contributed by atoms with Crippen LogP contribution < -0.4 is 0 Å². The van der Waals surface area contributed by atoms with Gasteiger partial charge in [0.1, 0.15) is 0 Å². The van der Waals surface area contributed by atoms with Crippen LogP contribution in [0, 0.1) is 0 Å². The van der Waals surface area contributed by atoms with Crippen LogP contribution in [-0.4, -0.2) is 30.4 Å². The first-order valence-corrected chi connectivity index (χ1v) is 7.44. The highest BCUT2D eigenvalue weighted by molar-refractivity contribution is 6.76. The lowest BCUT2D eigenvalue weighted by Gasteiger charge is -2.16. The third-order valence-electron chi connectivity index (χ3n) is 1.45. The number of aliphatic carboxylic acids is 1. The van der Waals surface area contributed by atoms with Crippen LogP contribution in [0.5, 0.6) is 0 Å². The summed E-state index contributed by atoms with van der Waals surface area (Å²) in [6, 6.07) is 0.862. The van der Waals surface area contributed by atoms with Gasteiger partial charge in [0.15, 0.2) is 6.10 Å². The van der Waals surface area contributed by atoms with E-state index in [2.05, 4.69) is 19.6 Å². The molecule has 3 nitrogen and oxygen atoms in total. The highest BCUT2D eigenvalue weighted by atomic mass is 28.3. The molecule has 4 heteroatoms. The van der Waals surface area contributed by atoms with E-state index in [0.29, 0.717) is 6.42 Å². The molecule has 0 aromatic heterocycles. The van der Waals surface area contributed by atoms with E-state index in [9.17, 15) is 4.79 Å². The predicted octanol–water partition coefficient (Wildman–Crippen LogP) is 1.16. The van der Waals surface area contributed by atoms with E-state index < -0.39 is 20.1 Å². The van der Waals surface area contributed by atoms with Crippen molar-refractivity contribution in [1.82, 2.24) is 0 Å². The standard InChI is InChI=1S/C7H16O3Si/c1-11(2,3)5-4-6(8)7(9)10/h6,8H,4-5H2,1-3H3,(H,9,10)/t6-/m0/s1. The van der Waals surface area contributed by atoms with Crippen molar-refractivity contribution in [2.75, 3.05) is 0 Å². The summed E-state index contributed by atoms with van der Waals surface area (Å²) in [6.45, 7) is 6.46. The fraction of sp³-hybridized carbons (Fsp3) is 0.857. The Morgan fingerprint density at radius 2 is 1.91 bits per heavy atom. The molecule has 1 atom stereocenters. The molecule has 66 valence electrons. The number of aliphatic hydroxyl groups is 1. The number of aliphatic hydroxyl groups excluding tert-OH is 1. The van der Waals surface area contributed by atoms with Gasteiger partial charge in [-0.15, -0.1) is 0 Å². The van der Waals surface area contributed by atoms with Crippen LogP contribution in [0.3, 0.4) is 0 Å². The lowest BCUT2D eigenvalue weighted by atomic mass is 10.3. The molecule has 0 aromatic rings. The van der Waals surface area contributed by atoms with Gasteiger partial charge >= 0.3 is 5.97 Å². The fourth-order valence-corrected chi connectivity index (χ4v) is 1.83. The molecule has 0 unspecified atom stereocenters. The van der Waals surface area contributed by atoms with Gasteiger partial charge in [0.25, 0.3) is 0 Å². The van der Waals surface area contributed by atoms with Crippen LogP contribution >= 0.6 is 0 Å². The number of hydrogen-bond donors (Lipinski definition) is 2. The Hall–Kier alpha value is -0.353. The van der Waals surface area contributed by atoms with Crippen molar-refractivity contribution < 1.29 is 15.0 Å². The Labute approximate surface area is 68.1 Å². The summed E-state index contributed by atoms with van der Waals surface area (Å²) in [5.74, 6) is -1.11. The maximum Gasteiger partial charge on any atom is 0.332 e. The average molecular weight is 176 g/mol. The maximum atomic E-state index is 10.2. The molecule has 0 amide bonds. The molecule has 0 aromatic carbocycles. The number of carboxylic acids is 1. The summed E-state index contributed by atoms with van der Waals surface area (Å²) >= 11 is 0. The molecule has 0 aliphatic heterocycles. The highest BCUT2D eigenvalue weighted by Gasteiger charge is 2.18. The van der Waals surface area contributed by atoms with Crippen LogP contribution in [-0.2, 0) is 4.79 Å². The van der Waals surface area contributed by atoms with Crippen LogP contribution in [0.1, 0.15) is 6.42 Å². The Morgan fingerprint density at radius 3 is 2.18 bits per heavy atom. The van der Waals surface area contributed by atoms with Crippen LogP contribution in [0.15, 0.2) is 0 Å². The van der Waals surface area contributed by atoms with Crippen molar-refractivity contribution in [3.05, 3.63) is 0 Å². The van der Waals surface area contributed by atoms with Gasteiger partial charge in [-0.05, 0) is 6.42 Å². The molecule has 0 aliphatic carbocycles. The molecule has 11 heavy (non-hydrogen) atoms. The van der Waals surface area contributed by atoms with Gasteiger partial charge < -0.3 is 10.2 Å². The maximum absolute atomic E-state index is 10.2. The first kappa shape index (κ1) is 10.6. The minimum Gasteiger partial charge on any atom is -0.479 e. The largest absolute Gasteiger partial charge is 0.479 e. The quantitative estimate of drug-likeness (QED) is 0.632. The van der Waals surface area contributed by atoms with E-state index in [-0.39, 0.29) is 0 Å². The second kappa shape index (κ2) is 3.87. The third-order valence-corrected chi connectivity index (χ3v) is 3.24. The highest BCUT2D eigenvalue weighted by Crippen LogP contribution is 2.12. The SMILES string of the molecule is C[Si](C)(C)CC[C@H](O)C(=O)O. The normalized spacial score (nSPS) is 14.5. The number of hydrogen-bond acceptors (Lipinski definition) is 2. The molecular weight excluding hydrogens is 160 g/mol. The van der Waals surface area contributed by atoms with Crippen molar-refractivity contribution in [3.63, 3.8) is 0 Å². The first-order valence-electron chi connectivity index (χ1n) is 3.74. The first-order chi connectivity index (χ1) is 4.83. The molecule has 0 spiro atoms. The number of carboxylic acid groups (broad SMARTS) is 1. The van der Waals surface area contributed by atoms with Crippen molar-refractivity contribution in [3.8, 4) is 0 Å². The summed E-state index contributed by atoms with van der Waals surface area (Å²) in [4.78, 5) is 10.2. The third kappa shape index (κ3) is 6.06. The average Bonchev–Trinajstić information content (AvgIpc) is 1.80. The summed E-state index contributed by atoms with van der Waals surface area (Å²) in [5, 5.41) is 17.3. The van der Waals surface area contributed by atoms with Gasteiger partial charge in [-0.1, -0.05) is 25.7 Å². The minimum atomic E-state index is -1.19. The van der Waals surface area contributed by atoms with Gasteiger partial charge in [-0.3, -0.25) is 0 Å². The molecule has 0 saturated heterocycles. The van der Waals surface area contributed by atoms with Crippen LogP contribution in [0.2, 0.25) is 25.7 Å². The Bertz CT molecular complexity index is 139. The van der Waals surface area contributed by atoms with Crippen molar-refractivity contribution >= 4 is 14.0 Å². The topological polar surface area (TPSA) is 57.5 Å². The van der Waals surface area contributed by atoms with Gasteiger partial charge in [0.05, 0.1) is 0 Å². The van der Waals surface area contributed by atoms with Crippen molar-refractivity contribution in [2.45, 2.75) is 38.2 Å². The summed E-state index contributed by atoms with van der Waals surface area (Å²) < 4.78 is 0. The predicted molar refractivity (Wildman–Crippen MR) is 46.4 cm³/mol. The molecule has 0 heterocycles. The minimum absolute atomic E-state index is 0.394. The lowest BCUT2D eigenvalue weighted by molar-refractivity contribution is -0.146. The van der Waals surface area contributed by atoms with Crippen LogP contribution in [0.4, 0.5) is 0 Å². The van der Waals surface area contributed by atoms with Gasteiger partial charge in [-0.25, -0.2) is 4.79 Å². The molecule has 0 saturated carbocycles. The molecule has 0 bridgehead atoms. The van der Waals surface area contributed by atoms with E-state index >= 15 is 0 Å². The second-order valence-electron chi connectivity index (χ2n) is 3.95.